The lowest BCUT2D eigenvalue weighted by Crippen LogP contribution is -2.50. The van der Waals surface area contributed by atoms with E-state index in [1.807, 2.05) is 27.2 Å². The molecule has 0 aliphatic rings. The maximum Gasteiger partial charge on any atom is 0.362 e. The number of allylic oxidation sites excluding steroid dienone is 16. The third kappa shape index (κ3) is 37.8. The number of carboxylic acid groups (broad SMARTS) is 1. The minimum atomic E-state index is -0.889. The summed E-state index contributed by atoms with van der Waals surface area (Å²) in [6.07, 6.45) is 53.0. The molecule has 0 aliphatic carbocycles. The van der Waals surface area contributed by atoms with Crippen LogP contribution in [-0.2, 0) is 28.6 Å². The van der Waals surface area contributed by atoms with Crippen molar-refractivity contribution in [2.75, 3.05) is 41.0 Å². The van der Waals surface area contributed by atoms with E-state index in [0.717, 1.165) is 96.3 Å². The number of rotatable bonds is 38. The number of likely N-dealkylation sites (N-methyl/N-ethyl adjacent to an activating group) is 1. The lowest BCUT2D eigenvalue weighted by atomic mass is 10.1. The third-order valence-electron chi connectivity index (χ3n) is 9.31. The summed E-state index contributed by atoms with van der Waals surface area (Å²) in [6, 6.07) is -0.630. The fourth-order valence-corrected chi connectivity index (χ4v) is 5.86. The predicted octanol–water partition coefficient (Wildman–Crippen LogP) is 12.3. The highest BCUT2D eigenvalue weighted by atomic mass is 16.6. The molecule has 0 bridgehead atoms. The van der Waals surface area contributed by atoms with Gasteiger partial charge in [0.2, 0.25) is 0 Å². The lowest BCUT2D eigenvalue weighted by molar-refractivity contribution is -0.887. The first-order chi connectivity index (χ1) is 28.1. The lowest BCUT2D eigenvalue weighted by Gasteiger charge is -2.31. The molecule has 0 fully saturated rings. The van der Waals surface area contributed by atoms with Crippen molar-refractivity contribution in [2.24, 2.45) is 0 Å². The van der Waals surface area contributed by atoms with E-state index in [2.05, 4.69) is 105 Å². The monoisotopic (exact) mass is 809 g/mol. The number of unbranched alkanes of at least 4 members (excludes halogenated alkanes) is 11. The Hall–Kier alpha value is -3.75. The number of carboxylic acids is 1. The summed E-state index contributed by atoms with van der Waals surface area (Å²) < 4.78 is 17.2. The van der Waals surface area contributed by atoms with Crippen molar-refractivity contribution in [3.63, 3.8) is 0 Å². The quantitative estimate of drug-likeness (QED) is 0.0218. The van der Waals surface area contributed by atoms with E-state index < -0.39 is 18.1 Å². The summed E-state index contributed by atoms with van der Waals surface area (Å²) in [6.45, 7) is 4.50. The summed E-state index contributed by atoms with van der Waals surface area (Å²) in [5, 5.41) is 9.62. The first kappa shape index (κ1) is 54.2. The van der Waals surface area contributed by atoms with Gasteiger partial charge in [0.25, 0.3) is 0 Å². The van der Waals surface area contributed by atoms with Crippen LogP contribution in [0.5, 0.6) is 0 Å². The first-order valence-corrected chi connectivity index (χ1v) is 22.3. The van der Waals surface area contributed by atoms with Gasteiger partial charge < -0.3 is 23.8 Å². The molecule has 0 spiro atoms. The Morgan fingerprint density at radius 1 is 0.552 bits per heavy atom. The van der Waals surface area contributed by atoms with Crippen LogP contribution in [0.15, 0.2) is 97.2 Å². The standard InChI is InChI=1S/C50H81NO7/c1-6-8-10-12-14-16-18-20-22-24-25-27-29-31-33-35-37-39-41-49(53)58-46(44-56-43-42-47(50(54)55)51(3,4)5)45-57-48(52)40-38-36-34-32-30-28-26-23-21-19-17-15-13-11-9-7-2/h9,11,14-18,20-25,27-28,30,46-47H,6-8,10,12-13,19,26,29,31-45H2,1-5H3/p+1/b11-9+,16-14+,17-15+,20-18+,23-21+,24-22+,27-25+,30-28+. The van der Waals surface area contributed by atoms with Crippen molar-refractivity contribution in [3.05, 3.63) is 97.2 Å². The number of hydrogen-bond acceptors (Lipinski definition) is 6. The minimum absolute atomic E-state index is 0.0343. The normalized spacial score (nSPS) is 13.9. The molecule has 58 heavy (non-hydrogen) atoms. The van der Waals surface area contributed by atoms with Crippen LogP contribution in [0.25, 0.3) is 0 Å². The van der Waals surface area contributed by atoms with Crippen LogP contribution in [0.1, 0.15) is 149 Å². The summed E-state index contributed by atoms with van der Waals surface area (Å²) >= 11 is 0. The van der Waals surface area contributed by atoms with Crippen LogP contribution in [0.3, 0.4) is 0 Å². The van der Waals surface area contributed by atoms with Crippen LogP contribution >= 0.6 is 0 Å². The molecule has 2 atom stereocenters. The molecule has 0 saturated carbocycles. The predicted molar refractivity (Wildman–Crippen MR) is 243 cm³/mol. The minimum Gasteiger partial charge on any atom is -0.477 e. The molecule has 0 aromatic heterocycles. The number of nitrogens with zero attached hydrogens (tertiary/aromatic N) is 1. The summed E-state index contributed by atoms with van der Waals surface area (Å²) in [5.74, 6) is -1.55. The van der Waals surface area contributed by atoms with Crippen molar-refractivity contribution in [1.82, 2.24) is 0 Å². The molecule has 8 nitrogen and oxygen atoms in total. The van der Waals surface area contributed by atoms with E-state index in [1.54, 1.807) is 0 Å². The van der Waals surface area contributed by atoms with Gasteiger partial charge in [-0.3, -0.25) is 9.59 Å². The summed E-state index contributed by atoms with van der Waals surface area (Å²) in [7, 11) is 5.49. The molecule has 0 saturated heterocycles. The number of carbonyl (C=O) groups is 3. The van der Waals surface area contributed by atoms with E-state index in [4.69, 9.17) is 14.2 Å². The van der Waals surface area contributed by atoms with Gasteiger partial charge in [-0.05, 0) is 77.0 Å². The molecular weight excluding hydrogens is 727 g/mol. The fourth-order valence-electron chi connectivity index (χ4n) is 5.86. The zero-order valence-electron chi connectivity index (χ0n) is 37.2. The number of ether oxygens (including phenoxy) is 3. The highest BCUT2D eigenvalue weighted by Crippen LogP contribution is 2.12. The number of carbonyl (C=O) groups excluding carboxylic acids is 2. The fraction of sp³-hybridized carbons (Fsp3) is 0.620. The second kappa shape index (κ2) is 40.0. The summed E-state index contributed by atoms with van der Waals surface area (Å²) in [5.41, 5.74) is 0. The highest BCUT2D eigenvalue weighted by molar-refractivity contribution is 5.72. The Balaban J connectivity index is 4.48. The van der Waals surface area contributed by atoms with E-state index in [9.17, 15) is 19.5 Å². The van der Waals surface area contributed by atoms with Gasteiger partial charge in [-0.25, -0.2) is 4.79 Å². The number of quaternary nitrogens is 1. The Bertz CT molecular complexity index is 1260. The average molecular weight is 809 g/mol. The van der Waals surface area contributed by atoms with Crippen LogP contribution in [0, 0.1) is 0 Å². The second-order valence-electron chi connectivity index (χ2n) is 15.7. The molecular formula is C50H82NO7+. The Labute approximate surface area is 354 Å². The molecule has 0 amide bonds. The topological polar surface area (TPSA) is 99.1 Å². The molecule has 0 aliphatic heterocycles. The van der Waals surface area contributed by atoms with Crippen LogP contribution in [0.2, 0.25) is 0 Å². The maximum atomic E-state index is 12.7. The van der Waals surface area contributed by atoms with Crippen LogP contribution < -0.4 is 0 Å². The molecule has 0 rings (SSSR count). The number of esters is 2. The zero-order valence-corrected chi connectivity index (χ0v) is 37.2. The smallest absolute Gasteiger partial charge is 0.362 e. The molecule has 0 aromatic rings. The van der Waals surface area contributed by atoms with Crippen molar-refractivity contribution < 1.29 is 38.2 Å². The van der Waals surface area contributed by atoms with E-state index in [0.29, 0.717) is 19.3 Å². The van der Waals surface area contributed by atoms with Gasteiger partial charge in [0.15, 0.2) is 12.1 Å². The van der Waals surface area contributed by atoms with Gasteiger partial charge in [-0.15, -0.1) is 0 Å². The molecule has 0 aromatic carbocycles. The van der Waals surface area contributed by atoms with Gasteiger partial charge in [0, 0.05) is 19.3 Å². The van der Waals surface area contributed by atoms with Crippen molar-refractivity contribution in [2.45, 2.75) is 161 Å². The first-order valence-electron chi connectivity index (χ1n) is 22.3. The zero-order chi connectivity index (χ0) is 42.8. The van der Waals surface area contributed by atoms with Gasteiger partial charge in [0.1, 0.15) is 6.61 Å². The second-order valence-corrected chi connectivity index (χ2v) is 15.7. The summed E-state index contributed by atoms with van der Waals surface area (Å²) in [4.78, 5) is 37.0. The molecule has 0 heterocycles. The molecule has 328 valence electrons. The molecule has 8 heteroatoms. The number of hydrogen-bond donors (Lipinski definition) is 1. The van der Waals surface area contributed by atoms with Crippen LogP contribution in [0.4, 0.5) is 0 Å². The van der Waals surface area contributed by atoms with Gasteiger partial charge >= 0.3 is 17.9 Å². The van der Waals surface area contributed by atoms with E-state index in [1.165, 1.54) is 19.3 Å². The largest absolute Gasteiger partial charge is 0.477 e. The van der Waals surface area contributed by atoms with Crippen molar-refractivity contribution in [3.8, 4) is 0 Å². The van der Waals surface area contributed by atoms with E-state index in [-0.39, 0.29) is 36.2 Å². The molecule has 2 unspecified atom stereocenters. The van der Waals surface area contributed by atoms with Gasteiger partial charge in [0.05, 0.1) is 34.4 Å². The Morgan fingerprint density at radius 2 is 1.03 bits per heavy atom. The Kier molecular flexibility index (Phi) is 37.5. The van der Waals surface area contributed by atoms with Crippen molar-refractivity contribution >= 4 is 17.9 Å². The van der Waals surface area contributed by atoms with Gasteiger partial charge in [-0.2, -0.15) is 0 Å². The number of aliphatic carboxylic acids is 1. The van der Waals surface area contributed by atoms with Gasteiger partial charge in [-0.1, -0.05) is 150 Å². The van der Waals surface area contributed by atoms with E-state index >= 15 is 0 Å². The maximum absolute atomic E-state index is 12.7. The van der Waals surface area contributed by atoms with Crippen LogP contribution in [-0.4, -0.2) is 80.6 Å². The molecule has 1 N–H and O–H groups in total. The SMILES string of the molecule is CC/C=C/C/C=C/C/C=C/C/C=C/CCCCCC(=O)OCC(COCCC(C(=O)O)[N+](C)(C)C)OC(=O)CCCCCCC/C=C/C=C/C=C/C=C/CCCCC. The average Bonchev–Trinajstić information content (AvgIpc) is 3.18. The third-order valence-corrected chi connectivity index (χ3v) is 9.31. The Morgan fingerprint density at radius 3 is 1.60 bits per heavy atom. The highest BCUT2D eigenvalue weighted by Gasteiger charge is 2.31. The molecule has 0 radical (unpaired) electrons. The van der Waals surface area contributed by atoms with Crippen molar-refractivity contribution in [1.29, 1.82) is 0 Å².